The van der Waals surface area contributed by atoms with E-state index in [9.17, 15) is 4.79 Å². The maximum atomic E-state index is 12.8. The van der Waals surface area contributed by atoms with E-state index >= 15 is 0 Å². The zero-order chi connectivity index (χ0) is 22.8. The van der Waals surface area contributed by atoms with E-state index in [0.29, 0.717) is 11.5 Å². The van der Waals surface area contributed by atoms with Gasteiger partial charge in [-0.05, 0) is 35.4 Å². The number of nitrogens with zero attached hydrogens (tertiary/aromatic N) is 1. The molecular formula is C27H23N3O3. The summed E-state index contributed by atoms with van der Waals surface area (Å²) in [6, 6.07) is 26.8. The number of ether oxygens (including phenoxy) is 2. The third kappa shape index (κ3) is 3.87. The van der Waals surface area contributed by atoms with Crippen LogP contribution in [0.5, 0.6) is 11.5 Å². The van der Waals surface area contributed by atoms with Gasteiger partial charge in [-0.3, -0.25) is 0 Å². The topological polar surface area (TPSA) is 72.5 Å². The fourth-order valence-electron chi connectivity index (χ4n) is 4.17. The van der Waals surface area contributed by atoms with Gasteiger partial charge in [0.25, 0.3) is 0 Å². The van der Waals surface area contributed by atoms with E-state index in [1.54, 1.807) is 14.2 Å². The Bertz CT molecular complexity index is 1370. The number of benzene rings is 3. The molecule has 1 aliphatic rings. The van der Waals surface area contributed by atoms with Crippen molar-refractivity contribution in [3.05, 3.63) is 102 Å². The highest BCUT2D eigenvalue weighted by Gasteiger charge is 2.31. The predicted molar refractivity (Wildman–Crippen MR) is 129 cm³/mol. The lowest BCUT2D eigenvalue weighted by molar-refractivity contribution is 0.242. The van der Waals surface area contributed by atoms with Crippen LogP contribution < -0.4 is 20.1 Å². The molecule has 33 heavy (non-hydrogen) atoms. The summed E-state index contributed by atoms with van der Waals surface area (Å²) < 4.78 is 10.9. The van der Waals surface area contributed by atoms with Crippen LogP contribution in [0.25, 0.3) is 22.2 Å². The van der Waals surface area contributed by atoms with E-state index in [4.69, 9.17) is 14.5 Å². The number of hydrogen-bond acceptors (Lipinski definition) is 4. The Morgan fingerprint density at radius 2 is 1.58 bits per heavy atom. The van der Waals surface area contributed by atoms with Crippen LogP contribution in [0.1, 0.15) is 22.9 Å². The van der Waals surface area contributed by atoms with Crippen LogP contribution in [0.2, 0.25) is 0 Å². The number of carbonyl (C=O) groups excluding carboxylic acids is 1. The van der Waals surface area contributed by atoms with Crippen LogP contribution in [0.4, 0.5) is 4.79 Å². The molecule has 6 heteroatoms. The average Bonchev–Trinajstić information content (AvgIpc) is 2.88. The number of amides is 2. The van der Waals surface area contributed by atoms with Crippen molar-refractivity contribution in [3.63, 3.8) is 0 Å². The number of nitrogens with one attached hydrogen (secondary N) is 2. The van der Waals surface area contributed by atoms with Crippen molar-refractivity contribution in [1.82, 2.24) is 15.6 Å². The lowest BCUT2D eigenvalue weighted by Crippen LogP contribution is -2.43. The molecule has 0 unspecified atom stereocenters. The lowest BCUT2D eigenvalue weighted by atomic mass is 9.90. The molecule has 3 aromatic carbocycles. The fourth-order valence-corrected chi connectivity index (χ4v) is 4.17. The van der Waals surface area contributed by atoms with Crippen LogP contribution in [0.15, 0.2) is 84.9 Å². The maximum Gasteiger partial charge on any atom is 0.320 e. The predicted octanol–water partition coefficient (Wildman–Crippen LogP) is 5.17. The second kappa shape index (κ2) is 8.67. The molecule has 1 aromatic heterocycles. The first-order chi connectivity index (χ1) is 16.2. The second-order valence-corrected chi connectivity index (χ2v) is 7.69. The number of urea groups is 1. The Balaban J connectivity index is 1.75. The number of aromatic nitrogens is 1. The molecule has 4 aromatic rings. The van der Waals surface area contributed by atoms with Crippen molar-refractivity contribution in [1.29, 1.82) is 0 Å². The molecule has 6 nitrogen and oxygen atoms in total. The van der Waals surface area contributed by atoms with Crippen molar-refractivity contribution in [2.24, 2.45) is 0 Å². The van der Waals surface area contributed by atoms with Crippen LogP contribution in [0, 0.1) is 0 Å². The van der Waals surface area contributed by atoms with E-state index in [1.165, 1.54) is 0 Å². The van der Waals surface area contributed by atoms with Gasteiger partial charge in [0.05, 0.1) is 37.2 Å². The highest BCUT2D eigenvalue weighted by molar-refractivity contribution is 6.03. The Hall–Kier alpha value is -4.32. The summed E-state index contributed by atoms with van der Waals surface area (Å²) in [5.41, 5.74) is 5.03. The van der Waals surface area contributed by atoms with Crippen molar-refractivity contribution >= 4 is 28.2 Å². The van der Waals surface area contributed by atoms with Gasteiger partial charge in [0.1, 0.15) is 0 Å². The fraction of sp³-hybridized carbons (Fsp3) is 0.111. The molecule has 0 saturated heterocycles. The Kier molecular flexibility index (Phi) is 5.40. The summed E-state index contributed by atoms with van der Waals surface area (Å²) in [4.78, 5) is 17.7. The SMILES string of the molecule is COc1ccc([C@@H]2NC(=O)NC(c3ccccc3)=C2c2ccc3ccccc3n2)cc1OC. The minimum atomic E-state index is -0.442. The molecule has 164 valence electrons. The van der Waals surface area contributed by atoms with E-state index in [0.717, 1.165) is 39.0 Å². The first kappa shape index (κ1) is 20.6. The van der Waals surface area contributed by atoms with Crippen LogP contribution >= 0.6 is 0 Å². The average molecular weight is 437 g/mol. The number of para-hydroxylation sites is 1. The van der Waals surface area contributed by atoms with E-state index < -0.39 is 6.04 Å². The third-order valence-corrected chi connectivity index (χ3v) is 5.75. The number of fused-ring (bicyclic) bond motifs is 1. The smallest absolute Gasteiger partial charge is 0.320 e. The summed E-state index contributed by atoms with van der Waals surface area (Å²) in [7, 11) is 3.20. The number of hydrogen-bond donors (Lipinski definition) is 2. The molecule has 2 heterocycles. The van der Waals surface area contributed by atoms with Crippen LogP contribution in [0.3, 0.4) is 0 Å². The van der Waals surface area contributed by atoms with Crippen molar-refractivity contribution < 1.29 is 14.3 Å². The highest BCUT2D eigenvalue weighted by Crippen LogP contribution is 2.40. The molecule has 1 atom stereocenters. The number of methoxy groups -OCH3 is 2. The second-order valence-electron chi connectivity index (χ2n) is 7.69. The summed E-state index contributed by atoms with van der Waals surface area (Å²) in [5, 5.41) is 7.14. The van der Waals surface area contributed by atoms with Gasteiger partial charge in [-0.2, -0.15) is 0 Å². The van der Waals surface area contributed by atoms with Gasteiger partial charge in [-0.15, -0.1) is 0 Å². The monoisotopic (exact) mass is 437 g/mol. The first-order valence-corrected chi connectivity index (χ1v) is 10.6. The molecule has 0 saturated carbocycles. The lowest BCUT2D eigenvalue weighted by Gasteiger charge is -2.31. The van der Waals surface area contributed by atoms with Crippen LogP contribution in [-0.2, 0) is 0 Å². The number of carbonyl (C=O) groups is 1. The summed E-state index contributed by atoms with van der Waals surface area (Å²) in [6.07, 6.45) is 0. The molecule has 5 rings (SSSR count). The van der Waals surface area contributed by atoms with Crippen molar-refractivity contribution in [2.75, 3.05) is 14.2 Å². The first-order valence-electron chi connectivity index (χ1n) is 10.6. The molecule has 0 spiro atoms. The third-order valence-electron chi connectivity index (χ3n) is 5.75. The molecule has 0 fully saturated rings. The molecule has 0 radical (unpaired) electrons. The molecular weight excluding hydrogens is 414 g/mol. The Labute approximate surface area is 191 Å². The van der Waals surface area contributed by atoms with Gasteiger partial charge < -0.3 is 20.1 Å². The summed E-state index contributed by atoms with van der Waals surface area (Å²) in [6.45, 7) is 0. The van der Waals surface area contributed by atoms with Gasteiger partial charge in [-0.25, -0.2) is 9.78 Å². The molecule has 2 amide bonds. The highest BCUT2D eigenvalue weighted by atomic mass is 16.5. The normalized spacial score (nSPS) is 15.7. The minimum absolute atomic E-state index is 0.279. The van der Waals surface area contributed by atoms with E-state index in [2.05, 4.69) is 16.7 Å². The van der Waals surface area contributed by atoms with Crippen LogP contribution in [-0.4, -0.2) is 25.2 Å². The quantitative estimate of drug-likeness (QED) is 0.452. The van der Waals surface area contributed by atoms with Gasteiger partial charge in [-0.1, -0.05) is 60.7 Å². The largest absolute Gasteiger partial charge is 0.493 e. The van der Waals surface area contributed by atoms with Gasteiger partial charge in [0, 0.05) is 11.0 Å². The van der Waals surface area contributed by atoms with Crippen molar-refractivity contribution in [3.8, 4) is 11.5 Å². The summed E-state index contributed by atoms with van der Waals surface area (Å²) in [5.74, 6) is 1.22. The Morgan fingerprint density at radius 3 is 2.36 bits per heavy atom. The van der Waals surface area contributed by atoms with E-state index in [-0.39, 0.29) is 6.03 Å². The zero-order valence-electron chi connectivity index (χ0n) is 18.3. The Morgan fingerprint density at radius 1 is 0.818 bits per heavy atom. The minimum Gasteiger partial charge on any atom is -0.493 e. The molecule has 2 N–H and O–H groups in total. The number of rotatable bonds is 5. The van der Waals surface area contributed by atoms with E-state index in [1.807, 2.05) is 78.9 Å². The zero-order valence-corrected chi connectivity index (χ0v) is 18.3. The standard InChI is InChI=1S/C27H23N3O3/c1-32-22-15-13-19(16-23(22)33-2)26-24(21-14-12-17-8-6-7-11-20(17)28-21)25(29-27(31)30-26)18-9-4-3-5-10-18/h3-16,26H,1-2H3,(H2,29,30,31)/t26-/m0/s1. The van der Waals surface area contributed by atoms with Gasteiger partial charge in [0.2, 0.25) is 0 Å². The summed E-state index contributed by atoms with van der Waals surface area (Å²) >= 11 is 0. The molecule has 0 aliphatic carbocycles. The molecule has 1 aliphatic heterocycles. The number of pyridine rings is 1. The van der Waals surface area contributed by atoms with Gasteiger partial charge in [0.15, 0.2) is 11.5 Å². The molecule has 0 bridgehead atoms. The maximum absolute atomic E-state index is 12.8. The van der Waals surface area contributed by atoms with Gasteiger partial charge >= 0.3 is 6.03 Å². The van der Waals surface area contributed by atoms with Crippen molar-refractivity contribution in [2.45, 2.75) is 6.04 Å².